The molecule has 0 saturated carbocycles. The molecule has 0 aliphatic carbocycles. The zero-order valence-corrected chi connectivity index (χ0v) is 14.3. The van der Waals surface area contributed by atoms with Crippen LogP contribution in [0, 0.1) is 5.82 Å². The van der Waals surface area contributed by atoms with Crippen molar-refractivity contribution >= 4 is 27.8 Å². The molecular weight excluding hydrogens is 349 g/mol. The van der Waals surface area contributed by atoms with Crippen LogP contribution in [-0.2, 0) is 14.8 Å². The molecule has 6 nitrogen and oxygen atoms in total. The van der Waals surface area contributed by atoms with Gasteiger partial charge in [0.25, 0.3) is 10.0 Å². The molecular formula is C17H16FNO5S. The topological polar surface area (TPSA) is 83.9 Å². The van der Waals surface area contributed by atoms with E-state index in [2.05, 4.69) is 0 Å². The largest absolute Gasteiger partial charge is 0.495 e. The number of carbonyl (C=O) groups is 1. The van der Waals surface area contributed by atoms with E-state index in [0.717, 1.165) is 22.5 Å². The van der Waals surface area contributed by atoms with Gasteiger partial charge in [0.1, 0.15) is 16.5 Å². The summed E-state index contributed by atoms with van der Waals surface area (Å²) in [5.41, 5.74) is 0.657. The second-order valence-corrected chi connectivity index (χ2v) is 6.97. The molecule has 0 atom stereocenters. The molecule has 0 aromatic heterocycles. The average molecular weight is 365 g/mol. The summed E-state index contributed by atoms with van der Waals surface area (Å²) in [4.78, 5) is 10.5. The minimum atomic E-state index is -4.00. The zero-order valence-electron chi connectivity index (χ0n) is 13.5. The number of anilines is 1. The third kappa shape index (κ3) is 4.16. The standard InChI is InChI=1S/C17H16FNO5S/c1-19(14-7-5-13(18)6-8-14)25(22,23)16-11-12(4-10-17(20)21)3-9-15(16)24-2/h3-11H,1-2H3,(H,20,21)/b10-4-. The van der Waals surface area contributed by atoms with Gasteiger partial charge in [0, 0.05) is 13.1 Å². The molecule has 0 bridgehead atoms. The Balaban J connectivity index is 2.51. The van der Waals surface area contributed by atoms with E-state index in [1.807, 2.05) is 0 Å². The Morgan fingerprint density at radius 2 is 1.84 bits per heavy atom. The second kappa shape index (κ2) is 7.35. The van der Waals surface area contributed by atoms with Crippen molar-refractivity contribution < 1.29 is 27.4 Å². The lowest BCUT2D eigenvalue weighted by Gasteiger charge is -2.21. The molecule has 2 aromatic rings. The summed E-state index contributed by atoms with van der Waals surface area (Å²) in [6.07, 6.45) is 2.18. The maximum atomic E-state index is 13.0. The van der Waals surface area contributed by atoms with E-state index < -0.39 is 21.8 Å². The number of hydrogen-bond acceptors (Lipinski definition) is 4. The van der Waals surface area contributed by atoms with Crippen molar-refractivity contribution in [2.24, 2.45) is 0 Å². The van der Waals surface area contributed by atoms with Gasteiger partial charge in [-0.3, -0.25) is 4.31 Å². The number of benzene rings is 2. The van der Waals surface area contributed by atoms with Gasteiger partial charge < -0.3 is 9.84 Å². The number of rotatable bonds is 6. The molecule has 0 fully saturated rings. The fourth-order valence-corrected chi connectivity index (χ4v) is 3.49. The Bertz CT molecular complexity index is 907. The monoisotopic (exact) mass is 365 g/mol. The van der Waals surface area contributed by atoms with E-state index in [4.69, 9.17) is 9.84 Å². The van der Waals surface area contributed by atoms with Gasteiger partial charge in [-0.25, -0.2) is 17.6 Å². The SMILES string of the molecule is COc1ccc(/C=C\C(=O)O)cc1S(=O)(=O)N(C)c1ccc(F)cc1. The van der Waals surface area contributed by atoms with Crippen molar-refractivity contribution in [1.82, 2.24) is 0 Å². The van der Waals surface area contributed by atoms with Crippen LogP contribution in [0.25, 0.3) is 6.08 Å². The predicted octanol–water partition coefficient (Wildman–Crippen LogP) is 2.76. The minimum absolute atomic E-state index is 0.112. The van der Waals surface area contributed by atoms with Crippen LogP contribution in [0.15, 0.2) is 53.4 Å². The van der Waals surface area contributed by atoms with Crippen LogP contribution in [0.3, 0.4) is 0 Å². The fraction of sp³-hybridized carbons (Fsp3) is 0.118. The highest BCUT2D eigenvalue weighted by Gasteiger charge is 2.25. The van der Waals surface area contributed by atoms with Crippen molar-refractivity contribution in [3.05, 3.63) is 59.9 Å². The van der Waals surface area contributed by atoms with Crippen molar-refractivity contribution in [2.75, 3.05) is 18.5 Å². The van der Waals surface area contributed by atoms with Gasteiger partial charge in [0.15, 0.2) is 0 Å². The van der Waals surface area contributed by atoms with Crippen LogP contribution in [0.4, 0.5) is 10.1 Å². The molecule has 2 aromatic carbocycles. The Morgan fingerprint density at radius 1 is 1.20 bits per heavy atom. The molecule has 0 unspecified atom stereocenters. The highest BCUT2D eigenvalue weighted by Crippen LogP contribution is 2.30. The molecule has 0 heterocycles. The number of carboxylic acids is 1. The van der Waals surface area contributed by atoms with E-state index in [9.17, 15) is 17.6 Å². The van der Waals surface area contributed by atoms with Crippen molar-refractivity contribution in [3.8, 4) is 5.75 Å². The molecule has 1 N–H and O–H groups in total. The quantitative estimate of drug-likeness (QED) is 0.796. The summed E-state index contributed by atoms with van der Waals surface area (Å²) in [5, 5.41) is 8.70. The van der Waals surface area contributed by atoms with Gasteiger partial charge >= 0.3 is 5.97 Å². The third-order valence-electron chi connectivity index (χ3n) is 3.43. The highest BCUT2D eigenvalue weighted by atomic mass is 32.2. The first-order valence-electron chi connectivity index (χ1n) is 7.09. The molecule has 2 rings (SSSR count). The number of halogens is 1. The molecule has 25 heavy (non-hydrogen) atoms. The van der Waals surface area contributed by atoms with Crippen LogP contribution < -0.4 is 9.04 Å². The fourth-order valence-electron chi connectivity index (χ4n) is 2.10. The summed E-state index contributed by atoms with van der Waals surface area (Å²) >= 11 is 0. The molecule has 8 heteroatoms. The van der Waals surface area contributed by atoms with Crippen LogP contribution in [-0.4, -0.2) is 33.7 Å². The molecule has 0 aliphatic rings. The first-order valence-corrected chi connectivity index (χ1v) is 8.53. The molecule has 132 valence electrons. The van der Waals surface area contributed by atoms with Crippen molar-refractivity contribution in [2.45, 2.75) is 4.90 Å². The van der Waals surface area contributed by atoms with E-state index in [-0.39, 0.29) is 16.3 Å². The first-order chi connectivity index (χ1) is 11.8. The smallest absolute Gasteiger partial charge is 0.328 e. The summed E-state index contributed by atoms with van der Waals surface area (Å²) in [6, 6.07) is 9.28. The van der Waals surface area contributed by atoms with Gasteiger partial charge in [-0.2, -0.15) is 0 Å². The number of hydrogen-bond donors (Lipinski definition) is 1. The first kappa shape index (κ1) is 18.5. The Labute approximate surface area is 144 Å². The summed E-state index contributed by atoms with van der Waals surface area (Å²) in [5.74, 6) is -1.52. The van der Waals surface area contributed by atoms with E-state index in [0.29, 0.717) is 5.56 Å². The number of methoxy groups -OCH3 is 1. The zero-order chi connectivity index (χ0) is 18.6. The van der Waals surface area contributed by atoms with Gasteiger partial charge in [-0.1, -0.05) is 6.07 Å². The Hall–Kier alpha value is -2.87. The molecule has 0 spiro atoms. The van der Waals surface area contributed by atoms with Crippen molar-refractivity contribution in [3.63, 3.8) is 0 Å². The molecule has 0 radical (unpaired) electrons. The van der Waals surface area contributed by atoms with Crippen LogP contribution in [0.1, 0.15) is 5.56 Å². The summed E-state index contributed by atoms with van der Waals surface area (Å²) in [6.45, 7) is 0. The summed E-state index contributed by atoms with van der Waals surface area (Å²) in [7, 11) is -1.34. The number of ether oxygens (including phenoxy) is 1. The van der Waals surface area contributed by atoms with Gasteiger partial charge in [0.05, 0.1) is 12.8 Å². The second-order valence-electron chi connectivity index (χ2n) is 5.03. The van der Waals surface area contributed by atoms with E-state index in [1.54, 1.807) is 0 Å². The number of nitrogens with zero attached hydrogens (tertiary/aromatic N) is 1. The Morgan fingerprint density at radius 3 is 2.40 bits per heavy atom. The number of carboxylic acid groups (broad SMARTS) is 1. The molecule has 0 saturated heterocycles. The maximum absolute atomic E-state index is 13.0. The van der Waals surface area contributed by atoms with E-state index in [1.165, 1.54) is 50.6 Å². The third-order valence-corrected chi connectivity index (χ3v) is 5.24. The van der Waals surface area contributed by atoms with Crippen molar-refractivity contribution in [1.29, 1.82) is 0 Å². The van der Waals surface area contributed by atoms with Gasteiger partial charge in [-0.05, 0) is 48.0 Å². The number of aliphatic carboxylic acids is 1. The maximum Gasteiger partial charge on any atom is 0.328 e. The normalized spacial score (nSPS) is 11.5. The van der Waals surface area contributed by atoms with Gasteiger partial charge in [0.2, 0.25) is 0 Å². The molecule has 0 amide bonds. The van der Waals surface area contributed by atoms with Crippen LogP contribution >= 0.6 is 0 Å². The van der Waals surface area contributed by atoms with Crippen LogP contribution in [0.5, 0.6) is 5.75 Å². The van der Waals surface area contributed by atoms with E-state index >= 15 is 0 Å². The lowest BCUT2D eigenvalue weighted by Crippen LogP contribution is -2.27. The van der Waals surface area contributed by atoms with Crippen LogP contribution in [0.2, 0.25) is 0 Å². The average Bonchev–Trinajstić information content (AvgIpc) is 2.59. The lowest BCUT2D eigenvalue weighted by molar-refractivity contribution is -0.131. The highest BCUT2D eigenvalue weighted by molar-refractivity contribution is 7.92. The Kier molecular flexibility index (Phi) is 5.43. The lowest BCUT2D eigenvalue weighted by atomic mass is 10.2. The molecule has 0 aliphatic heterocycles. The predicted molar refractivity (Wildman–Crippen MR) is 91.7 cm³/mol. The van der Waals surface area contributed by atoms with Gasteiger partial charge in [-0.15, -0.1) is 0 Å². The minimum Gasteiger partial charge on any atom is -0.495 e. The summed E-state index contributed by atoms with van der Waals surface area (Å²) < 4.78 is 45.0. The number of sulfonamides is 1.